The van der Waals surface area contributed by atoms with E-state index in [2.05, 4.69) is 30.1 Å². The van der Waals surface area contributed by atoms with Crippen LogP contribution in [0.2, 0.25) is 0 Å². The normalized spacial score (nSPS) is 18.0. The van der Waals surface area contributed by atoms with Crippen LogP contribution in [0, 0.1) is 29.4 Å². The molecule has 2 aromatic carbocycles. The summed E-state index contributed by atoms with van der Waals surface area (Å²) in [6.45, 7) is 3.89. The summed E-state index contributed by atoms with van der Waals surface area (Å²) in [4.78, 5) is 45.0. The molecule has 4 aliphatic rings. The quantitative estimate of drug-likeness (QED) is 0.121. The van der Waals surface area contributed by atoms with Gasteiger partial charge in [-0.2, -0.15) is 4.39 Å². The van der Waals surface area contributed by atoms with E-state index >= 15 is 0 Å². The maximum absolute atomic E-state index is 13.9. The second kappa shape index (κ2) is 19.4. The smallest absolute Gasteiger partial charge is 0.310 e. The summed E-state index contributed by atoms with van der Waals surface area (Å²) in [5.74, 6) is -0.604. The number of pyridine rings is 2. The van der Waals surface area contributed by atoms with Gasteiger partial charge in [-0.1, -0.05) is 36.4 Å². The summed E-state index contributed by atoms with van der Waals surface area (Å²) >= 11 is 0. The number of nitrogens with zero attached hydrogens (tertiary/aromatic N) is 11. The van der Waals surface area contributed by atoms with Crippen LogP contribution >= 0.6 is 0 Å². The number of nitrogens with one attached hydrogen (secondary N) is 1. The maximum Gasteiger partial charge on any atom is 0.310 e. The predicted molar refractivity (Wildman–Crippen MR) is 251 cm³/mol. The van der Waals surface area contributed by atoms with E-state index in [9.17, 15) is 22.8 Å². The van der Waals surface area contributed by atoms with Crippen LogP contribution in [0.1, 0.15) is 48.9 Å². The Morgan fingerprint density at radius 2 is 1.09 bits per heavy atom. The van der Waals surface area contributed by atoms with Crippen LogP contribution in [-0.4, -0.2) is 101 Å². The number of imidazole rings is 2. The number of carboxylic acids is 2. The van der Waals surface area contributed by atoms with Crippen LogP contribution in [0.25, 0.3) is 34.1 Å². The third kappa shape index (κ3) is 9.49. The number of carboxylic acid groups (broad SMARTS) is 2. The van der Waals surface area contributed by atoms with Gasteiger partial charge >= 0.3 is 11.9 Å². The van der Waals surface area contributed by atoms with Crippen molar-refractivity contribution in [3.05, 3.63) is 150 Å². The molecule has 12 rings (SSSR count). The Hall–Kier alpha value is -7.93. The second-order valence-corrected chi connectivity index (χ2v) is 17.4. The summed E-state index contributed by atoms with van der Waals surface area (Å²) in [5.41, 5.74) is 5.84. The van der Waals surface area contributed by atoms with Gasteiger partial charge in [0.2, 0.25) is 5.95 Å². The van der Waals surface area contributed by atoms with Crippen LogP contribution in [0.3, 0.4) is 0 Å². The maximum atomic E-state index is 13.9. The molecule has 19 heteroatoms. The molecule has 4 fully saturated rings. The Morgan fingerprint density at radius 1 is 0.580 bits per heavy atom. The number of fused-ring (bicyclic) bond motifs is 2. The molecule has 352 valence electrons. The molecule has 10 heterocycles. The zero-order valence-electron chi connectivity index (χ0n) is 37.2. The Kier molecular flexibility index (Phi) is 12.6. The Bertz CT molecular complexity index is 3160. The van der Waals surface area contributed by atoms with Gasteiger partial charge in [0.05, 0.1) is 47.7 Å². The molecule has 8 aromatic rings. The van der Waals surface area contributed by atoms with Crippen molar-refractivity contribution >= 4 is 40.7 Å². The minimum atomic E-state index is -0.774. The standard InChI is InChI=1S/C25H23FN6O2.C21H17F2N5.C4H7NO2/c26-18-5-1-4-16(12-18)20-7-3-11-31(20)24-10-9-22-27-13-21(32(22)29-24)19-6-2-8-23(28-19)30-14-17(15-30)25(33)34;22-15-5-1-4-14(12-15)17-7-3-11-27(17)21-10-9-20-24-13-18(28(20)26-21)16-6-2-8-19(23)25-16;6-4(7)3-1-5-2-3/h1-2,4-6,8-10,12-13,17,20H,3,7,11,14-15H2,(H,33,34);1-2,4-6,8-10,12-13,17H,3,7,11H2;3,5H,1-2H2,(H,6,7)/t20-;17-;/m11./s1. The summed E-state index contributed by atoms with van der Waals surface area (Å²) in [6.07, 6.45) is 7.28. The molecule has 0 spiro atoms. The van der Waals surface area contributed by atoms with Gasteiger partial charge in [-0.25, -0.2) is 37.7 Å². The SMILES string of the molecule is Fc1cccc([C@H]2CCCN2c2ccc3ncc(-c4cccc(F)n4)n3n2)c1.O=C(O)C1CN(c2cccc(-c3cnc4ccc(N5CCC[C@@H]5c5cccc(F)c5)nn34)n2)C1.O=C(O)C1CNC1. The van der Waals surface area contributed by atoms with Crippen LogP contribution in [0.5, 0.6) is 0 Å². The van der Waals surface area contributed by atoms with Crippen molar-refractivity contribution in [2.24, 2.45) is 11.8 Å². The highest BCUT2D eigenvalue weighted by molar-refractivity contribution is 5.74. The monoisotopic (exact) mass is 936 g/mol. The van der Waals surface area contributed by atoms with Crippen molar-refractivity contribution < 1.29 is 33.0 Å². The summed E-state index contributed by atoms with van der Waals surface area (Å²) in [6, 6.07) is 31.7. The summed E-state index contributed by atoms with van der Waals surface area (Å²) in [5, 5.41) is 29.8. The molecule has 0 aliphatic carbocycles. The van der Waals surface area contributed by atoms with E-state index in [1.807, 2.05) is 59.5 Å². The van der Waals surface area contributed by atoms with Gasteiger partial charge in [0.25, 0.3) is 0 Å². The van der Waals surface area contributed by atoms with Crippen LogP contribution in [0.4, 0.5) is 30.6 Å². The van der Waals surface area contributed by atoms with Crippen molar-refractivity contribution in [3.8, 4) is 22.8 Å². The molecule has 4 saturated heterocycles. The lowest BCUT2D eigenvalue weighted by Crippen LogP contribution is -2.50. The van der Waals surface area contributed by atoms with E-state index in [1.165, 1.54) is 18.2 Å². The fourth-order valence-corrected chi connectivity index (χ4v) is 9.16. The van der Waals surface area contributed by atoms with E-state index in [4.69, 9.17) is 25.4 Å². The number of anilines is 3. The number of aromatic nitrogens is 8. The third-order valence-electron chi connectivity index (χ3n) is 12.9. The predicted octanol–water partition coefficient (Wildman–Crippen LogP) is 7.49. The summed E-state index contributed by atoms with van der Waals surface area (Å²) in [7, 11) is 0. The molecule has 0 bridgehead atoms. The van der Waals surface area contributed by atoms with Gasteiger partial charge in [0.15, 0.2) is 11.3 Å². The van der Waals surface area contributed by atoms with Crippen molar-refractivity contribution in [2.45, 2.75) is 37.8 Å². The number of halogens is 3. The molecule has 2 atom stereocenters. The lowest BCUT2D eigenvalue weighted by molar-refractivity contribution is -0.143. The average Bonchev–Trinajstić information content (AvgIpc) is 4.15. The van der Waals surface area contributed by atoms with Gasteiger partial charge in [-0.15, -0.1) is 10.2 Å². The number of hydrogen-bond acceptors (Lipinski definition) is 12. The molecule has 4 aliphatic heterocycles. The zero-order valence-corrected chi connectivity index (χ0v) is 37.2. The van der Waals surface area contributed by atoms with E-state index in [0.29, 0.717) is 48.9 Å². The first kappa shape index (κ1) is 44.9. The van der Waals surface area contributed by atoms with Crippen molar-refractivity contribution in [1.29, 1.82) is 0 Å². The van der Waals surface area contributed by atoms with E-state index < -0.39 is 17.9 Å². The Labute approximate surface area is 393 Å². The molecule has 0 unspecified atom stereocenters. The Balaban J connectivity index is 0.000000142. The van der Waals surface area contributed by atoms with E-state index in [-0.39, 0.29) is 35.6 Å². The van der Waals surface area contributed by atoms with Gasteiger partial charge in [-0.3, -0.25) is 9.59 Å². The first-order valence-electron chi connectivity index (χ1n) is 22.8. The third-order valence-corrected chi connectivity index (χ3v) is 12.9. The number of aliphatic carboxylic acids is 2. The van der Waals surface area contributed by atoms with Crippen molar-refractivity contribution in [3.63, 3.8) is 0 Å². The highest BCUT2D eigenvalue weighted by Gasteiger charge is 2.34. The molecule has 3 N–H and O–H groups in total. The van der Waals surface area contributed by atoms with E-state index in [1.54, 1.807) is 57.8 Å². The van der Waals surface area contributed by atoms with E-state index in [0.717, 1.165) is 78.7 Å². The van der Waals surface area contributed by atoms with Gasteiger partial charge in [0.1, 0.15) is 40.5 Å². The van der Waals surface area contributed by atoms with Gasteiger partial charge in [-0.05, 0) is 110 Å². The minimum absolute atomic E-state index is 0.0694. The highest BCUT2D eigenvalue weighted by atomic mass is 19.1. The minimum Gasteiger partial charge on any atom is -0.481 e. The fourth-order valence-electron chi connectivity index (χ4n) is 9.16. The number of hydrogen-bond donors (Lipinski definition) is 3. The van der Waals surface area contributed by atoms with Crippen LogP contribution < -0.4 is 20.0 Å². The molecule has 0 radical (unpaired) electrons. The topological polar surface area (TPSA) is 183 Å². The summed E-state index contributed by atoms with van der Waals surface area (Å²) < 4.78 is 44.6. The highest BCUT2D eigenvalue weighted by Crippen LogP contribution is 2.37. The van der Waals surface area contributed by atoms with Crippen LogP contribution in [-0.2, 0) is 9.59 Å². The first-order chi connectivity index (χ1) is 33.6. The number of benzene rings is 2. The Morgan fingerprint density at radius 3 is 1.55 bits per heavy atom. The molecule has 0 saturated carbocycles. The molecule has 69 heavy (non-hydrogen) atoms. The molecular formula is C50H47F3N12O4. The van der Waals surface area contributed by atoms with Crippen molar-refractivity contribution in [2.75, 3.05) is 54.0 Å². The number of carbonyl (C=O) groups is 2. The molecular weight excluding hydrogens is 890 g/mol. The molecule has 6 aromatic heterocycles. The van der Waals surface area contributed by atoms with Crippen LogP contribution in [0.15, 0.2) is 122 Å². The largest absolute Gasteiger partial charge is 0.481 e. The average molecular weight is 937 g/mol. The lowest BCUT2D eigenvalue weighted by Gasteiger charge is -2.37. The van der Waals surface area contributed by atoms with Gasteiger partial charge in [0, 0.05) is 39.3 Å². The van der Waals surface area contributed by atoms with Gasteiger partial charge < -0.3 is 30.2 Å². The fraction of sp³-hybridized carbons (Fsp3) is 0.280. The molecule has 16 nitrogen and oxygen atoms in total. The van der Waals surface area contributed by atoms with Crippen molar-refractivity contribution in [1.82, 2.24) is 44.5 Å². The number of rotatable bonds is 9. The zero-order chi connectivity index (χ0) is 47.6. The first-order valence-corrected chi connectivity index (χ1v) is 22.8. The second-order valence-electron chi connectivity index (χ2n) is 17.4. The molecule has 0 amide bonds. The lowest BCUT2D eigenvalue weighted by atomic mass is 10.0.